The molecule has 0 bridgehead atoms. The van der Waals surface area contributed by atoms with E-state index in [-0.39, 0.29) is 11.7 Å². The number of hydrogen-bond acceptors (Lipinski definition) is 7. The van der Waals surface area contributed by atoms with Crippen molar-refractivity contribution < 1.29 is 4.79 Å². The number of benzene rings is 2. The number of aryl methyl sites for hydroxylation is 1. The van der Waals surface area contributed by atoms with Gasteiger partial charge in [-0.3, -0.25) is 4.79 Å². The minimum atomic E-state index is -0.118. The van der Waals surface area contributed by atoms with E-state index in [0.29, 0.717) is 16.4 Å². The Morgan fingerprint density at radius 1 is 1.19 bits per heavy atom. The van der Waals surface area contributed by atoms with Crippen molar-refractivity contribution in [3.05, 3.63) is 71.0 Å². The Balaban J connectivity index is 1.45. The lowest BCUT2D eigenvalue weighted by Crippen LogP contribution is -2.15. The monoisotopic (exact) mass is 469 g/mol. The first-order valence-electron chi connectivity index (χ1n) is 9.55. The predicted octanol–water partition coefficient (Wildman–Crippen LogP) is 5.42. The molecule has 1 amide bonds. The van der Waals surface area contributed by atoms with E-state index in [1.54, 1.807) is 12.1 Å². The fraction of sp³-hybridized carbons (Fsp3) is 0.182. The molecule has 0 saturated carbocycles. The van der Waals surface area contributed by atoms with Crippen LogP contribution in [-0.4, -0.2) is 33.7 Å². The molecule has 31 heavy (non-hydrogen) atoms. The molecule has 0 aliphatic carbocycles. The number of thiazole rings is 1. The quantitative estimate of drug-likeness (QED) is 0.288. The number of rotatable bonds is 7. The van der Waals surface area contributed by atoms with Gasteiger partial charge in [0.05, 0.1) is 5.75 Å². The lowest BCUT2D eigenvalue weighted by molar-refractivity contribution is -0.113. The van der Waals surface area contributed by atoms with E-state index in [4.69, 9.17) is 11.6 Å². The second kappa shape index (κ2) is 9.64. The molecule has 2 aromatic carbocycles. The van der Waals surface area contributed by atoms with Gasteiger partial charge in [0.25, 0.3) is 0 Å². The SMILES string of the molecule is Cc1ccc(Cl)cc1NC(=O)CSc1ncnc2nc(N(C)Cc3ccccc3)sc12. The molecule has 0 aliphatic rings. The van der Waals surface area contributed by atoms with Gasteiger partial charge in [0.15, 0.2) is 10.8 Å². The van der Waals surface area contributed by atoms with E-state index in [9.17, 15) is 4.79 Å². The summed E-state index contributed by atoms with van der Waals surface area (Å²) in [6.45, 7) is 2.68. The number of nitrogens with zero attached hydrogens (tertiary/aromatic N) is 4. The van der Waals surface area contributed by atoms with Crippen LogP contribution in [0, 0.1) is 6.92 Å². The highest BCUT2D eigenvalue weighted by molar-refractivity contribution is 8.00. The second-order valence-corrected chi connectivity index (χ2v) is 9.34. The maximum Gasteiger partial charge on any atom is 0.234 e. The highest BCUT2D eigenvalue weighted by atomic mass is 35.5. The number of hydrogen-bond donors (Lipinski definition) is 1. The van der Waals surface area contributed by atoms with Crippen molar-refractivity contribution in [2.24, 2.45) is 0 Å². The third kappa shape index (κ3) is 5.33. The molecule has 0 fully saturated rings. The average molecular weight is 470 g/mol. The van der Waals surface area contributed by atoms with E-state index in [0.717, 1.165) is 27.0 Å². The van der Waals surface area contributed by atoms with Gasteiger partial charge in [-0.05, 0) is 30.2 Å². The molecule has 0 radical (unpaired) electrons. The van der Waals surface area contributed by atoms with Gasteiger partial charge in [0.2, 0.25) is 5.91 Å². The number of thioether (sulfide) groups is 1. The molecule has 9 heteroatoms. The minimum absolute atomic E-state index is 0.118. The summed E-state index contributed by atoms with van der Waals surface area (Å²) in [4.78, 5) is 27.9. The van der Waals surface area contributed by atoms with Gasteiger partial charge >= 0.3 is 0 Å². The number of carbonyl (C=O) groups excluding carboxylic acids is 1. The number of aromatic nitrogens is 3. The molecule has 0 atom stereocenters. The Bertz CT molecular complexity index is 1220. The van der Waals surface area contributed by atoms with E-state index in [2.05, 4.69) is 37.3 Å². The lowest BCUT2D eigenvalue weighted by atomic mass is 10.2. The van der Waals surface area contributed by atoms with Crippen LogP contribution in [0.2, 0.25) is 5.02 Å². The van der Waals surface area contributed by atoms with Crippen LogP contribution < -0.4 is 10.2 Å². The summed E-state index contributed by atoms with van der Waals surface area (Å²) in [5, 5.41) is 5.11. The third-order valence-corrected chi connectivity index (χ3v) is 7.07. The normalized spacial score (nSPS) is 10.9. The van der Waals surface area contributed by atoms with Crippen molar-refractivity contribution in [1.29, 1.82) is 0 Å². The summed E-state index contributed by atoms with van der Waals surface area (Å²) >= 11 is 8.94. The van der Waals surface area contributed by atoms with Crippen molar-refractivity contribution in [3.63, 3.8) is 0 Å². The van der Waals surface area contributed by atoms with Crippen LogP contribution >= 0.6 is 34.7 Å². The molecule has 1 N–H and O–H groups in total. The fourth-order valence-electron chi connectivity index (χ4n) is 2.96. The Morgan fingerprint density at radius 2 is 2.00 bits per heavy atom. The molecule has 0 spiro atoms. The number of fused-ring (bicyclic) bond motifs is 1. The zero-order chi connectivity index (χ0) is 21.8. The van der Waals surface area contributed by atoms with Crippen molar-refractivity contribution in [3.8, 4) is 0 Å². The van der Waals surface area contributed by atoms with Crippen LogP contribution in [0.1, 0.15) is 11.1 Å². The maximum atomic E-state index is 12.5. The van der Waals surface area contributed by atoms with E-state index < -0.39 is 0 Å². The summed E-state index contributed by atoms with van der Waals surface area (Å²) in [6.07, 6.45) is 1.49. The largest absolute Gasteiger partial charge is 0.347 e. The van der Waals surface area contributed by atoms with Crippen molar-refractivity contribution in [2.45, 2.75) is 18.5 Å². The first kappa shape index (κ1) is 21.5. The molecule has 2 aromatic heterocycles. The van der Waals surface area contributed by atoms with Crippen LogP contribution in [0.15, 0.2) is 59.9 Å². The summed E-state index contributed by atoms with van der Waals surface area (Å²) in [5.41, 5.74) is 3.52. The zero-order valence-electron chi connectivity index (χ0n) is 17.0. The minimum Gasteiger partial charge on any atom is -0.347 e. The molecule has 0 saturated heterocycles. The van der Waals surface area contributed by atoms with Crippen molar-refractivity contribution >= 4 is 61.8 Å². The number of nitrogens with one attached hydrogen (secondary N) is 1. The van der Waals surface area contributed by atoms with Gasteiger partial charge < -0.3 is 10.2 Å². The number of anilines is 2. The zero-order valence-corrected chi connectivity index (χ0v) is 19.4. The van der Waals surface area contributed by atoms with E-state index >= 15 is 0 Å². The smallest absolute Gasteiger partial charge is 0.234 e. The standard InChI is InChI=1S/C22H20ClN5OS2/c1-14-8-9-16(23)10-17(14)26-18(29)12-30-21-19-20(24-13-25-21)27-22(31-19)28(2)11-15-6-4-3-5-7-15/h3-10,13H,11-12H2,1-2H3,(H,26,29). The predicted molar refractivity (Wildman–Crippen MR) is 129 cm³/mol. The maximum absolute atomic E-state index is 12.5. The molecule has 2 heterocycles. The summed E-state index contributed by atoms with van der Waals surface area (Å²) in [5.74, 6) is 0.110. The van der Waals surface area contributed by atoms with Crippen molar-refractivity contribution in [2.75, 3.05) is 23.0 Å². The summed E-state index contributed by atoms with van der Waals surface area (Å²) in [7, 11) is 2.01. The summed E-state index contributed by atoms with van der Waals surface area (Å²) in [6, 6.07) is 15.7. The van der Waals surface area contributed by atoms with E-state index in [1.165, 1.54) is 35.0 Å². The van der Waals surface area contributed by atoms with Crippen molar-refractivity contribution in [1.82, 2.24) is 15.0 Å². The molecule has 0 unspecified atom stereocenters. The van der Waals surface area contributed by atoms with Gasteiger partial charge in [0.1, 0.15) is 16.1 Å². The Kier molecular flexibility index (Phi) is 6.70. The fourth-order valence-corrected chi connectivity index (χ4v) is 4.99. The number of halogens is 1. The molecular weight excluding hydrogens is 450 g/mol. The molecule has 4 rings (SSSR count). The first-order valence-corrected chi connectivity index (χ1v) is 11.7. The van der Waals surface area contributed by atoms with Gasteiger partial charge in [-0.25, -0.2) is 9.97 Å². The van der Waals surface area contributed by atoms with Crippen LogP contribution in [0.25, 0.3) is 10.3 Å². The lowest BCUT2D eigenvalue weighted by Gasteiger charge is -2.15. The molecule has 6 nitrogen and oxygen atoms in total. The number of amides is 1. The van der Waals surface area contributed by atoms with Gasteiger partial charge in [-0.15, -0.1) is 0 Å². The highest BCUT2D eigenvalue weighted by Crippen LogP contribution is 2.34. The Labute approximate surface area is 193 Å². The summed E-state index contributed by atoms with van der Waals surface area (Å²) < 4.78 is 0.883. The molecular formula is C22H20ClN5OS2. The first-order chi connectivity index (χ1) is 15.0. The third-order valence-electron chi connectivity index (χ3n) is 4.55. The molecule has 0 aliphatic heterocycles. The molecule has 4 aromatic rings. The topological polar surface area (TPSA) is 71.0 Å². The molecule has 158 valence electrons. The Hall–Kier alpha value is -2.68. The number of carbonyl (C=O) groups is 1. The van der Waals surface area contributed by atoms with Crippen LogP contribution in [0.5, 0.6) is 0 Å². The van der Waals surface area contributed by atoms with Gasteiger partial charge in [-0.2, -0.15) is 4.98 Å². The Morgan fingerprint density at radius 3 is 2.81 bits per heavy atom. The van der Waals surface area contributed by atoms with Crippen LogP contribution in [0.3, 0.4) is 0 Å². The van der Waals surface area contributed by atoms with Crippen LogP contribution in [-0.2, 0) is 11.3 Å². The van der Waals surface area contributed by atoms with Gasteiger partial charge in [0, 0.05) is 24.3 Å². The average Bonchev–Trinajstić information content (AvgIpc) is 3.21. The second-order valence-electron chi connectivity index (χ2n) is 6.97. The van der Waals surface area contributed by atoms with E-state index in [1.807, 2.05) is 38.2 Å². The van der Waals surface area contributed by atoms with Gasteiger partial charge in [-0.1, -0.05) is 71.1 Å². The highest BCUT2D eigenvalue weighted by Gasteiger charge is 2.15. The van der Waals surface area contributed by atoms with Crippen LogP contribution in [0.4, 0.5) is 10.8 Å².